The van der Waals surface area contributed by atoms with Gasteiger partial charge >= 0.3 is 0 Å². The molecular formula is C10H16N6O. The van der Waals surface area contributed by atoms with Gasteiger partial charge in [-0.05, 0) is 13.8 Å². The van der Waals surface area contributed by atoms with Crippen LogP contribution < -0.4 is 5.32 Å². The van der Waals surface area contributed by atoms with Crippen molar-refractivity contribution in [2.45, 2.75) is 26.4 Å². The lowest BCUT2D eigenvalue weighted by atomic mass is 10.3. The fourth-order valence-corrected chi connectivity index (χ4v) is 1.64. The summed E-state index contributed by atoms with van der Waals surface area (Å²) in [6.45, 7) is 5.35. The largest absolute Gasteiger partial charge is 0.383 e. The molecule has 7 heteroatoms. The molecular weight excluding hydrogens is 220 g/mol. The van der Waals surface area contributed by atoms with Crippen LogP contribution in [0.15, 0.2) is 6.33 Å². The predicted octanol–water partition coefficient (Wildman–Crippen LogP) is 0.688. The lowest BCUT2D eigenvalue weighted by Crippen LogP contribution is -2.21. The van der Waals surface area contributed by atoms with Gasteiger partial charge in [-0.1, -0.05) is 5.21 Å². The van der Waals surface area contributed by atoms with E-state index in [4.69, 9.17) is 4.74 Å². The van der Waals surface area contributed by atoms with Gasteiger partial charge in [-0.3, -0.25) is 0 Å². The molecule has 1 N–H and O–H groups in total. The van der Waals surface area contributed by atoms with E-state index < -0.39 is 0 Å². The van der Waals surface area contributed by atoms with E-state index in [-0.39, 0.29) is 6.04 Å². The maximum atomic E-state index is 5.07. The molecule has 0 saturated heterocycles. The number of aryl methyl sites for hydroxylation is 1. The van der Waals surface area contributed by atoms with E-state index in [1.54, 1.807) is 11.8 Å². The highest BCUT2D eigenvalue weighted by Gasteiger charge is 2.12. The zero-order chi connectivity index (χ0) is 12.3. The van der Waals surface area contributed by atoms with Crippen molar-refractivity contribution in [1.29, 1.82) is 0 Å². The number of anilines is 1. The van der Waals surface area contributed by atoms with E-state index in [0.717, 1.165) is 12.2 Å². The number of ether oxygens (including phenoxy) is 1. The number of methoxy groups -OCH3 is 1. The molecule has 0 aliphatic carbocycles. The van der Waals surface area contributed by atoms with Gasteiger partial charge in [0.2, 0.25) is 0 Å². The van der Waals surface area contributed by atoms with Crippen molar-refractivity contribution in [3.63, 3.8) is 0 Å². The Hall–Kier alpha value is -1.76. The average molecular weight is 236 g/mol. The Morgan fingerprint density at radius 3 is 3.00 bits per heavy atom. The Bertz CT molecular complexity index is 497. The molecule has 2 heterocycles. The summed E-state index contributed by atoms with van der Waals surface area (Å²) >= 11 is 0. The molecule has 2 aromatic heterocycles. The molecule has 0 bridgehead atoms. The molecule has 0 aliphatic rings. The summed E-state index contributed by atoms with van der Waals surface area (Å²) in [6.07, 6.45) is 1.51. The van der Waals surface area contributed by atoms with Crippen LogP contribution in [0.3, 0.4) is 0 Å². The second-order valence-corrected chi connectivity index (χ2v) is 3.80. The van der Waals surface area contributed by atoms with E-state index >= 15 is 0 Å². The Kier molecular flexibility index (Phi) is 3.48. The van der Waals surface area contributed by atoms with Crippen LogP contribution in [0.1, 0.15) is 13.8 Å². The summed E-state index contributed by atoms with van der Waals surface area (Å²) in [7, 11) is 1.67. The van der Waals surface area contributed by atoms with E-state index in [0.29, 0.717) is 17.9 Å². The summed E-state index contributed by atoms with van der Waals surface area (Å²) in [5, 5.41) is 11.3. The first kappa shape index (κ1) is 11.7. The highest BCUT2D eigenvalue weighted by atomic mass is 16.5. The van der Waals surface area contributed by atoms with Gasteiger partial charge < -0.3 is 10.1 Å². The Morgan fingerprint density at radius 2 is 2.29 bits per heavy atom. The monoisotopic (exact) mass is 236 g/mol. The van der Waals surface area contributed by atoms with Gasteiger partial charge in [-0.2, -0.15) is 0 Å². The van der Waals surface area contributed by atoms with Gasteiger partial charge in [0.05, 0.1) is 6.61 Å². The summed E-state index contributed by atoms with van der Waals surface area (Å²) < 4.78 is 6.81. The lowest BCUT2D eigenvalue weighted by molar-refractivity contribution is 0.190. The Labute approximate surface area is 99.2 Å². The molecule has 0 aliphatic heterocycles. The zero-order valence-electron chi connectivity index (χ0n) is 10.2. The lowest BCUT2D eigenvalue weighted by Gasteiger charge is -2.12. The van der Waals surface area contributed by atoms with Crippen molar-refractivity contribution in [1.82, 2.24) is 25.0 Å². The summed E-state index contributed by atoms with van der Waals surface area (Å²) in [6, 6.07) is 0.157. The van der Waals surface area contributed by atoms with E-state index in [1.807, 2.05) is 13.8 Å². The number of fused-ring (bicyclic) bond motifs is 1. The normalized spacial score (nSPS) is 12.9. The van der Waals surface area contributed by atoms with Gasteiger partial charge in [-0.15, -0.1) is 5.10 Å². The number of nitrogens with one attached hydrogen (secondary N) is 1. The van der Waals surface area contributed by atoms with Crippen LogP contribution in [0.25, 0.3) is 11.2 Å². The van der Waals surface area contributed by atoms with Crippen molar-refractivity contribution in [3.05, 3.63) is 6.33 Å². The summed E-state index contributed by atoms with van der Waals surface area (Å²) in [5.74, 6) is 0.694. The average Bonchev–Trinajstić information content (AvgIpc) is 2.73. The molecule has 1 unspecified atom stereocenters. The Balaban J connectivity index is 2.31. The molecule has 0 spiro atoms. The van der Waals surface area contributed by atoms with Gasteiger partial charge in [0, 0.05) is 19.7 Å². The Morgan fingerprint density at radius 1 is 1.47 bits per heavy atom. The molecule has 0 saturated carbocycles. The number of hydrogen-bond donors (Lipinski definition) is 1. The minimum absolute atomic E-state index is 0.157. The second-order valence-electron chi connectivity index (χ2n) is 3.80. The van der Waals surface area contributed by atoms with Crippen LogP contribution in [0.2, 0.25) is 0 Å². The molecule has 92 valence electrons. The van der Waals surface area contributed by atoms with E-state index in [1.165, 1.54) is 6.33 Å². The SMILES string of the molecule is CCn1nnc2c(NC(C)COC)ncnc21. The van der Waals surface area contributed by atoms with Crippen LogP contribution in [-0.4, -0.2) is 44.7 Å². The highest BCUT2D eigenvalue weighted by molar-refractivity contribution is 5.81. The quantitative estimate of drug-likeness (QED) is 0.822. The van der Waals surface area contributed by atoms with Gasteiger partial charge in [0.15, 0.2) is 17.0 Å². The third-order valence-electron chi connectivity index (χ3n) is 2.40. The topological polar surface area (TPSA) is 77.8 Å². The van der Waals surface area contributed by atoms with Crippen LogP contribution in [-0.2, 0) is 11.3 Å². The van der Waals surface area contributed by atoms with E-state index in [9.17, 15) is 0 Å². The first-order valence-corrected chi connectivity index (χ1v) is 5.56. The molecule has 0 amide bonds. The summed E-state index contributed by atoms with van der Waals surface area (Å²) in [5.41, 5.74) is 1.44. The highest BCUT2D eigenvalue weighted by Crippen LogP contribution is 2.16. The van der Waals surface area contributed by atoms with Crippen LogP contribution in [0.4, 0.5) is 5.82 Å². The smallest absolute Gasteiger partial charge is 0.183 e. The van der Waals surface area contributed by atoms with E-state index in [2.05, 4.69) is 25.6 Å². The van der Waals surface area contributed by atoms with Crippen molar-refractivity contribution >= 4 is 17.0 Å². The number of hydrogen-bond acceptors (Lipinski definition) is 6. The third-order valence-corrected chi connectivity index (χ3v) is 2.40. The van der Waals surface area contributed by atoms with Crippen LogP contribution in [0.5, 0.6) is 0 Å². The minimum atomic E-state index is 0.157. The molecule has 0 radical (unpaired) electrons. The second kappa shape index (κ2) is 5.05. The third kappa shape index (κ3) is 2.33. The molecule has 1 atom stereocenters. The van der Waals surface area contributed by atoms with Gasteiger partial charge in [0.25, 0.3) is 0 Å². The number of nitrogens with zero attached hydrogens (tertiary/aromatic N) is 5. The molecule has 2 aromatic rings. The van der Waals surface area contributed by atoms with Gasteiger partial charge in [0.1, 0.15) is 6.33 Å². The molecule has 2 rings (SSSR count). The first-order chi connectivity index (χ1) is 8.26. The predicted molar refractivity (Wildman–Crippen MR) is 63.8 cm³/mol. The van der Waals surface area contributed by atoms with Crippen molar-refractivity contribution in [3.8, 4) is 0 Å². The number of aromatic nitrogens is 5. The molecule has 0 aromatic carbocycles. The molecule has 17 heavy (non-hydrogen) atoms. The first-order valence-electron chi connectivity index (χ1n) is 5.56. The summed E-state index contributed by atoms with van der Waals surface area (Å²) in [4.78, 5) is 8.36. The maximum Gasteiger partial charge on any atom is 0.183 e. The number of rotatable bonds is 5. The fraction of sp³-hybridized carbons (Fsp3) is 0.600. The molecule has 7 nitrogen and oxygen atoms in total. The standard InChI is InChI=1S/C10H16N6O/c1-4-16-10-8(14-15-16)9(11-6-12-10)13-7(2)5-17-3/h6-7H,4-5H2,1-3H3,(H,11,12,13). The van der Waals surface area contributed by atoms with Gasteiger partial charge in [-0.25, -0.2) is 14.6 Å². The minimum Gasteiger partial charge on any atom is -0.383 e. The zero-order valence-corrected chi connectivity index (χ0v) is 10.2. The van der Waals surface area contributed by atoms with Crippen molar-refractivity contribution in [2.75, 3.05) is 19.0 Å². The van der Waals surface area contributed by atoms with Crippen molar-refractivity contribution < 1.29 is 4.74 Å². The maximum absolute atomic E-state index is 5.07. The van der Waals surface area contributed by atoms with Crippen LogP contribution >= 0.6 is 0 Å². The molecule has 0 fully saturated rings. The van der Waals surface area contributed by atoms with Crippen molar-refractivity contribution in [2.24, 2.45) is 0 Å². The van der Waals surface area contributed by atoms with Crippen LogP contribution in [0, 0.1) is 0 Å². The fourth-order valence-electron chi connectivity index (χ4n) is 1.64.